The van der Waals surface area contributed by atoms with Crippen molar-refractivity contribution >= 4 is 11.7 Å². The number of hydrogen-bond donors (Lipinski definition) is 3. The fourth-order valence-electron chi connectivity index (χ4n) is 2.33. The van der Waals surface area contributed by atoms with Crippen LogP contribution in [0.2, 0.25) is 0 Å². The van der Waals surface area contributed by atoms with Gasteiger partial charge in [-0.15, -0.1) is 0 Å². The van der Waals surface area contributed by atoms with Gasteiger partial charge in [0, 0.05) is 12.0 Å². The number of amidine groups is 1. The van der Waals surface area contributed by atoms with Gasteiger partial charge in [-0.25, -0.2) is 0 Å². The van der Waals surface area contributed by atoms with Crippen LogP contribution >= 0.6 is 0 Å². The van der Waals surface area contributed by atoms with Gasteiger partial charge in [0.25, 0.3) is 0 Å². The molecule has 0 aromatic heterocycles. The molecule has 1 aliphatic rings. The monoisotopic (exact) mass is 274 g/mol. The predicted octanol–water partition coefficient (Wildman–Crippen LogP) is 1.42. The minimum atomic E-state index is -0.181. The Morgan fingerprint density at radius 2 is 1.95 bits per heavy atom. The van der Waals surface area contributed by atoms with Gasteiger partial charge in [-0.2, -0.15) is 5.10 Å². The summed E-state index contributed by atoms with van der Waals surface area (Å²) in [4.78, 5) is 11.9. The Kier molecular flexibility index (Phi) is 3.97. The SMILES string of the molecule is CC(C)CC(=O)NC1(c2ccc(/C(N)=N/N)cc2)CC1. The summed E-state index contributed by atoms with van der Waals surface area (Å²) in [5.41, 5.74) is 7.38. The van der Waals surface area contributed by atoms with Crippen molar-refractivity contribution in [1.82, 2.24) is 5.32 Å². The lowest BCUT2D eigenvalue weighted by atomic mass is 10.0. The third-order valence-electron chi connectivity index (χ3n) is 3.59. The number of amides is 1. The molecule has 1 aromatic rings. The van der Waals surface area contributed by atoms with Crippen molar-refractivity contribution in [3.8, 4) is 0 Å². The molecule has 0 heterocycles. The average Bonchev–Trinajstić information content (AvgIpc) is 3.17. The van der Waals surface area contributed by atoms with E-state index < -0.39 is 0 Å². The molecular weight excluding hydrogens is 252 g/mol. The van der Waals surface area contributed by atoms with Gasteiger partial charge in [0.2, 0.25) is 5.91 Å². The largest absolute Gasteiger partial charge is 0.382 e. The van der Waals surface area contributed by atoms with E-state index in [1.165, 1.54) is 0 Å². The van der Waals surface area contributed by atoms with Gasteiger partial charge in [0.15, 0.2) is 0 Å². The highest BCUT2D eigenvalue weighted by atomic mass is 16.1. The fourth-order valence-corrected chi connectivity index (χ4v) is 2.33. The molecule has 0 radical (unpaired) electrons. The fraction of sp³-hybridized carbons (Fsp3) is 0.467. The third-order valence-corrected chi connectivity index (χ3v) is 3.59. The molecule has 5 heteroatoms. The van der Waals surface area contributed by atoms with Crippen LogP contribution < -0.4 is 16.9 Å². The Labute approximate surface area is 119 Å². The molecule has 1 aromatic carbocycles. The summed E-state index contributed by atoms with van der Waals surface area (Å²) in [6.45, 7) is 4.09. The molecule has 1 saturated carbocycles. The minimum absolute atomic E-state index is 0.115. The van der Waals surface area contributed by atoms with Crippen LogP contribution in [0, 0.1) is 5.92 Å². The van der Waals surface area contributed by atoms with Crippen molar-refractivity contribution in [3.63, 3.8) is 0 Å². The van der Waals surface area contributed by atoms with Crippen LogP contribution in [0.15, 0.2) is 29.4 Å². The molecule has 1 aliphatic carbocycles. The van der Waals surface area contributed by atoms with Crippen molar-refractivity contribution in [2.75, 3.05) is 0 Å². The summed E-state index contributed by atoms with van der Waals surface area (Å²) < 4.78 is 0. The maximum Gasteiger partial charge on any atom is 0.220 e. The number of benzene rings is 1. The second-order valence-corrected chi connectivity index (χ2v) is 5.82. The molecular formula is C15H22N4O. The van der Waals surface area contributed by atoms with Crippen LogP contribution in [0.4, 0.5) is 0 Å². The van der Waals surface area contributed by atoms with Crippen molar-refractivity contribution in [3.05, 3.63) is 35.4 Å². The molecule has 0 bridgehead atoms. The topological polar surface area (TPSA) is 93.5 Å². The van der Waals surface area contributed by atoms with Crippen LogP contribution in [0.1, 0.15) is 44.2 Å². The zero-order valence-electron chi connectivity index (χ0n) is 12.0. The Morgan fingerprint density at radius 1 is 1.35 bits per heavy atom. The molecule has 108 valence electrons. The Hall–Kier alpha value is -2.04. The lowest BCUT2D eigenvalue weighted by Crippen LogP contribution is -2.35. The van der Waals surface area contributed by atoms with Gasteiger partial charge in [0.05, 0.1) is 5.54 Å². The van der Waals surface area contributed by atoms with Gasteiger partial charge < -0.3 is 16.9 Å². The van der Waals surface area contributed by atoms with Crippen molar-refractivity contribution in [2.24, 2.45) is 22.6 Å². The number of nitrogens with one attached hydrogen (secondary N) is 1. The van der Waals surface area contributed by atoms with E-state index >= 15 is 0 Å². The van der Waals surface area contributed by atoms with E-state index in [-0.39, 0.29) is 11.4 Å². The highest BCUT2D eigenvalue weighted by Crippen LogP contribution is 2.45. The van der Waals surface area contributed by atoms with Gasteiger partial charge in [-0.1, -0.05) is 38.1 Å². The van der Waals surface area contributed by atoms with Gasteiger partial charge in [-0.05, 0) is 24.3 Å². The molecule has 5 N–H and O–H groups in total. The van der Waals surface area contributed by atoms with Crippen LogP contribution in [0.3, 0.4) is 0 Å². The molecule has 0 unspecified atom stereocenters. The Morgan fingerprint density at radius 3 is 2.40 bits per heavy atom. The summed E-state index contributed by atoms with van der Waals surface area (Å²) >= 11 is 0. The van der Waals surface area contributed by atoms with E-state index in [1.54, 1.807) is 0 Å². The summed E-state index contributed by atoms with van der Waals surface area (Å²) in [7, 11) is 0. The maximum absolute atomic E-state index is 11.9. The first-order valence-electron chi connectivity index (χ1n) is 6.92. The van der Waals surface area contributed by atoms with E-state index in [0.717, 1.165) is 24.0 Å². The molecule has 0 aliphatic heterocycles. The zero-order valence-corrected chi connectivity index (χ0v) is 12.0. The lowest BCUT2D eigenvalue weighted by Gasteiger charge is -2.19. The number of hydrazone groups is 1. The average molecular weight is 274 g/mol. The highest BCUT2D eigenvalue weighted by Gasteiger charge is 2.45. The number of nitrogens with two attached hydrogens (primary N) is 2. The summed E-state index contributed by atoms with van der Waals surface area (Å²) in [6, 6.07) is 7.73. The molecule has 0 atom stereocenters. The normalized spacial score (nSPS) is 17.1. The first kappa shape index (κ1) is 14.4. The number of carbonyl (C=O) groups is 1. The molecule has 0 saturated heterocycles. The van der Waals surface area contributed by atoms with E-state index in [0.29, 0.717) is 18.2 Å². The van der Waals surface area contributed by atoms with Crippen LogP contribution in [0.5, 0.6) is 0 Å². The quantitative estimate of drug-likeness (QED) is 0.328. The van der Waals surface area contributed by atoms with Gasteiger partial charge in [0.1, 0.15) is 5.84 Å². The lowest BCUT2D eigenvalue weighted by molar-refractivity contribution is -0.122. The van der Waals surface area contributed by atoms with Crippen molar-refractivity contribution in [1.29, 1.82) is 0 Å². The maximum atomic E-state index is 11.9. The number of rotatable bonds is 5. The molecule has 5 nitrogen and oxygen atoms in total. The van der Waals surface area contributed by atoms with Crippen LogP contribution in [-0.4, -0.2) is 11.7 Å². The van der Waals surface area contributed by atoms with Gasteiger partial charge in [-0.3, -0.25) is 4.79 Å². The van der Waals surface area contributed by atoms with E-state index in [9.17, 15) is 4.79 Å². The minimum Gasteiger partial charge on any atom is -0.382 e. The zero-order chi connectivity index (χ0) is 14.8. The van der Waals surface area contributed by atoms with Crippen LogP contribution in [0.25, 0.3) is 0 Å². The molecule has 20 heavy (non-hydrogen) atoms. The molecule has 2 rings (SSSR count). The van der Waals surface area contributed by atoms with Gasteiger partial charge >= 0.3 is 0 Å². The molecule has 1 amide bonds. The highest BCUT2D eigenvalue weighted by molar-refractivity contribution is 5.97. The standard InChI is InChI=1S/C15H22N4O/c1-10(2)9-13(20)18-15(7-8-15)12-5-3-11(4-6-12)14(16)19-17/h3-6,10H,7-9,17H2,1-2H3,(H2,16,19)(H,18,20). The summed E-state index contributed by atoms with van der Waals surface area (Å²) in [5.74, 6) is 5.95. The first-order valence-corrected chi connectivity index (χ1v) is 6.92. The molecule has 1 fully saturated rings. The Bertz CT molecular complexity index is 515. The second kappa shape index (κ2) is 5.53. The summed E-state index contributed by atoms with van der Waals surface area (Å²) in [6.07, 6.45) is 2.53. The van der Waals surface area contributed by atoms with Crippen LogP contribution in [-0.2, 0) is 10.3 Å². The first-order chi connectivity index (χ1) is 9.47. The summed E-state index contributed by atoms with van der Waals surface area (Å²) in [5, 5.41) is 6.62. The number of nitrogens with zero attached hydrogens (tertiary/aromatic N) is 1. The van der Waals surface area contributed by atoms with Crippen molar-refractivity contribution in [2.45, 2.75) is 38.6 Å². The smallest absolute Gasteiger partial charge is 0.220 e. The van der Waals surface area contributed by atoms with E-state index in [1.807, 2.05) is 38.1 Å². The molecule has 0 spiro atoms. The number of hydrogen-bond acceptors (Lipinski definition) is 3. The predicted molar refractivity (Wildman–Crippen MR) is 79.9 cm³/mol. The van der Waals surface area contributed by atoms with Crippen molar-refractivity contribution < 1.29 is 4.79 Å². The second-order valence-electron chi connectivity index (χ2n) is 5.82. The Balaban J connectivity index is 2.09. The van der Waals surface area contributed by atoms with E-state index in [4.69, 9.17) is 11.6 Å². The number of carbonyl (C=O) groups excluding carboxylic acids is 1. The van der Waals surface area contributed by atoms with E-state index in [2.05, 4.69) is 10.4 Å². The third kappa shape index (κ3) is 3.10.